The minimum Gasteiger partial charge on any atom is -0.493 e. The van der Waals surface area contributed by atoms with Crippen LogP contribution in [0.3, 0.4) is 0 Å². The second kappa shape index (κ2) is 7.13. The van der Waals surface area contributed by atoms with Crippen molar-refractivity contribution in [3.8, 4) is 11.5 Å². The second-order valence-electron chi connectivity index (χ2n) is 4.37. The van der Waals surface area contributed by atoms with Gasteiger partial charge in [0.2, 0.25) is 0 Å². The van der Waals surface area contributed by atoms with Crippen LogP contribution in [0.2, 0.25) is 0 Å². The van der Waals surface area contributed by atoms with Gasteiger partial charge in [-0.05, 0) is 17.7 Å². The summed E-state index contributed by atoms with van der Waals surface area (Å²) < 4.78 is 11.5. The summed E-state index contributed by atoms with van der Waals surface area (Å²) in [5.74, 6) is -0.400. The predicted molar refractivity (Wildman–Crippen MR) is 83.3 cm³/mol. The highest BCUT2D eigenvalue weighted by atomic mass is 79.9. The van der Waals surface area contributed by atoms with Crippen LogP contribution in [0.15, 0.2) is 46.9 Å². The lowest BCUT2D eigenvalue weighted by Gasteiger charge is -2.14. The molecule has 0 spiro atoms. The van der Waals surface area contributed by atoms with E-state index in [1.54, 1.807) is 6.07 Å². The summed E-state index contributed by atoms with van der Waals surface area (Å²) in [5.41, 5.74) is 1.21. The molecule has 2 aromatic rings. The Morgan fingerprint density at radius 1 is 1.24 bits per heavy atom. The van der Waals surface area contributed by atoms with E-state index in [-0.39, 0.29) is 11.3 Å². The van der Waals surface area contributed by atoms with Crippen molar-refractivity contribution in [2.24, 2.45) is 0 Å². The molecule has 2 rings (SSSR count). The third-order valence-electron chi connectivity index (χ3n) is 2.95. The third-order valence-corrected chi connectivity index (χ3v) is 3.41. The Labute approximate surface area is 131 Å². The largest absolute Gasteiger partial charge is 0.493 e. The van der Waals surface area contributed by atoms with Gasteiger partial charge in [0.05, 0.1) is 13.7 Å². The fourth-order valence-corrected chi connectivity index (χ4v) is 2.38. The fraction of sp³-hybridized carbons (Fsp3) is 0.188. The van der Waals surface area contributed by atoms with Crippen molar-refractivity contribution in [1.29, 1.82) is 0 Å². The van der Waals surface area contributed by atoms with Crippen molar-refractivity contribution < 1.29 is 19.4 Å². The Kier molecular flexibility index (Phi) is 5.22. The van der Waals surface area contributed by atoms with Crippen molar-refractivity contribution in [3.05, 3.63) is 58.1 Å². The maximum Gasteiger partial charge on any atom is 0.339 e. The van der Waals surface area contributed by atoms with E-state index in [1.807, 2.05) is 30.3 Å². The zero-order chi connectivity index (χ0) is 15.2. The van der Waals surface area contributed by atoms with Gasteiger partial charge in [0.1, 0.15) is 5.56 Å². The molecule has 0 heterocycles. The summed E-state index contributed by atoms with van der Waals surface area (Å²) in [5, 5.41) is 9.27. The highest BCUT2D eigenvalue weighted by Crippen LogP contribution is 2.35. The SMILES string of the molecule is COc1cc(Br)cc(C(=O)O)c1OCCc1ccccc1. The number of rotatable bonds is 6. The lowest BCUT2D eigenvalue weighted by atomic mass is 10.1. The molecule has 0 unspecified atom stereocenters. The minimum atomic E-state index is -1.05. The molecule has 0 aromatic heterocycles. The zero-order valence-corrected chi connectivity index (χ0v) is 13.1. The first-order chi connectivity index (χ1) is 10.1. The Balaban J connectivity index is 2.16. The number of ether oxygens (including phenoxy) is 2. The molecule has 0 radical (unpaired) electrons. The van der Waals surface area contributed by atoms with Gasteiger partial charge in [-0.3, -0.25) is 0 Å². The molecule has 0 aliphatic carbocycles. The molecule has 2 aromatic carbocycles. The van der Waals surface area contributed by atoms with Crippen molar-refractivity contribution in [2.75, 3.05) is 13.7 Å². The van der Waals surface area contributed by atoms with E-state index >= 15 is 0 Å². The van der Waals surface area contributed by atoms with Gasteiger partial charge in [0.25, 0.3) is 0 Å². The Bertz CT molecular complexity index is 626. The molecule has 5 heteroatoms. The summed E-state index contributed by atoms with van der Waals surface area (Å²) in [6.07, 6.45) is 0.694. The molecule has 0 bridgehead atoms. The number of hydrogen-bond acceptors (Lipinski definition) is 3. The number of benzene rings is 2. The van der Waals surface area contributed by atoms with E-state index in [1.165, 1.54) is 13.2 Å². The molecule has 0 amide bonds. The van der Waals surface area contributed by atoms with Gasteiger partial charge < -0.3 is 14.6 Å². The van der Waals surface area contributed by atoms with E-state index < -0.39 is 5.97 Å². The van der Waals surface area contributed by atoms with Crippen LogP contribution in [-0.2, 0) is 6.42 Å². The molecule has 4 nitrogen and oxygen atoms in total. The van der Waals surface area contributed by atoms with Crippen LogP contribution >= 0.6 is 15.9 Å². The molecule has 0 saturated carbocycles. The van der Waals surface area contributed by atoms with Gasteiger partial charge in [-0.25, -0.2) is 4.79 Å². The number of carboxylic acid groups (broad SMARTS) is 1. The summed E-state index contributed by atoms with van der Waals surface area (Å²) in [6.45, 7) is 0.377. The van der Waals surface area contributed by atoms with E-state index in [0.717, 1.165) is 5.56 Å². The fourth-order valence-electron chi connectivity index (χ4n) is 1.94. The number of methoxy groups -OCH3 is 1. The topological polar surface area (TPSA) is 55.8 Å². The van der Waals surface area contributed by atoms with E-state index in [2.05, 4.69) is 15.9 Å². The molecular formula is C16H15BrO4. The standard InChI is InChI=1S/C16H15BrO4/c1-20-14-10-12(17)9-13(16(18)19)15(14)21-8-7-11-5-3-2-4-6-11/h2-6,9-10H,7-8H2,1H3,(H,18,19). The molecule has 21 heavy (non-hydrogen) atoms. The quantitative estimate of drug-likeness (QED) is 0.861. The summed E-state index contributed by atoms with van der Waals surface area (Å²) in [7, 11) is 1.48. The molecule has 0 atom stereocenters. The summed E-state index contributed by atoms with van der Waals surface area (Å²) >= 11 is 3.26. The zero-order valence-electron chi connectivity index (χ0n) is 11.5. The smallest absolute Gasteiger partial charge is 0.339 e. The van der Waals surface area contributed by atoms with Crippen LogP contribution in [0.25, 0.3) is 0 Å². The van der Waals surface area contributed by atoms with Gasteiger partial charge in [-0.15, -0.1) is 0 Å². The number of aromatic carboxylic acids is 1. The van der Waals surface area contributed by atoms with Crippen LogP contribution in [0.4, 0.5) is 0 Å². The van der Waals surface area contributed by atoms with Gasteiger partial charge in [-0.1, -0.05) is 46.3 Å². The Morgan fingerprint density at radius 3 is 2.57 bits per heavy atom. The molecule has 0 aliphatic heterocycles. The maximum atomic E-state index is 11.3. The minimum absolute atomic E-state index is 0.0780. The first-order valence-corrected chi connectivity index (χ1v) is 7.18. The lowest BCUT2D eigenvalue weighted by Crippen LogP contribution is -2.08. The van der Waals surface area contributed by atoms with Crippen molar-refractivity contribution >= 4 is 21.9 Å². The van der Waals surface area contributed by atoms with Crippen molar-refractivity contribution in [3.63, 3.8) is 0 Å². The van der Waals surface area contributed by atoms with Gasteiger partial charge in [0.15, 0.2) is 11.5 Å². The van der Waals surface area contributed by atoms with E-state index in [0.29, 0.717) is 23.2 Å². The number of carbonyl (C=O) groups is 1. The molecule has 0 aliphatic rings. The highest BCUT2D eigenvalue weighted by molar-refractivity contribution is 9.10. The van der Waals surface area contributed by atoms with Crippen LogP contribution in [0, 0.1) is 0 Å². The number of hydrogen-bond donors (Lipinski definition) is 1. The van der Waals surface area contributed by atoms with Gasteiger partial charge in [-0.2, -0.15) is 0 Å². The first kappa shape index (κ1) is 15.4. The Morgan fingerprint density at radius 2 is 1.95 bits per heavy atom. The number of carboxylic acids is 1. The average molecular weight is 351 g/mol. The van der Waals surface area contributed by atoms with E-state index in [9.17, 15) is 9.90 Å². The predicted octanol–water partition coefficient (Wildman–Crippen LogP) is 3.78. The highest BCUT2D eigenvalue weighted by Gasteiger charge is 2.18. The third kappa shape index (κ3) is 3.98. The number of halogens is 1. The van der Waals surface area contributed by atoms with Crippen LogP contribution < -0.4 is 9.47 Å². The summed E-state index contributed by atoms with van der Waals surface area (Å²) in [4.78, 5) is 11.3. The first-order valence-electron chi connectivity index (χ1n) is 6.39. The summed E-state index contributed by atoms with van der Waals surface area (Å²) in [6, 6.07) is 13.1. The molecule has 1 N–H and O–H groups in total. The molecule has 0 fully saturated rings. The molecule has 0 saturated heterocycles. The van der Waals surface area contributed by atoms with Crippen LogP contribution in [0.1, 0.15) is 15.9 Å². The maximum absolute atomic E-state index is 11.3. The monoisotopic (exact) mass is 350 g/mol. The van der Waals surface area contributed by atoms with Crippen molar-refractivity contribution in [1.82, 2.24) is 0 Å². The normalized spacial score (nSPS) is 10.2. The Hall–Kier alpha value is -2.01. The lowest BCUT2D eigenvalue weighted by molar-refractivity contribution is 0.0691. The average Bonchev–Trinajstić information content (AvgIpc) is 2.49. The molecule has 110 valence electrons. The van der Waals surface area contributed by atoms with Crippen LogP contribution in [0.5, 0.6) is 11.5 Å². The van der Waals surface area contributed by atoms with Gasteiger partial charge >= 0.3 is 5.97 Å². The van der Waals surface area contributed by atoms with Gasteiger partial charge in [0, 0.05) is 10.9 Å². The van der Waals surface area contributed by atoms with Crippen molar-refractivity contribution in [2.45, 2.75) is 6.42 Å². The molecular weight excluding hydrogens is 336 g/mol. The van der Waals surface area contributed by atoms with Crippen LogP contribution in [-0.4, -0.2) is 24.8 Å². The van der Waals surface area contributed by atoms with E-state index in [4.69, 9.17) is 9.47 Å². The second-order valence-corrected chi connectivity index (χ2v) is 5.29.